The fourth-order valence-corrected chi connectivity index (χ4v) is 4.02. The van der Waals surface area contributed by atoms with Crippen LogP contribution in [0.5, 0.6) is 0 Å². The highest BCUT2D eigenvalue weighted by molar-refractivity contribution is 6.31. The second-order valence-electron chi connectivity index (χ2n) is 7.78. The molecule has 1 aliphatic heterocycles. The Labute approximate surface area is 185 Å². The molecule has 162 valence electrons. The maximum Gasteiger partial charge on any atom is 0.265 e. The molecule has 0 bridgehead atoms. The van der Waals surface area contributed by atoms with Crippen molar-refractivity contribution in [1.29, 1.82) is 0 Å². The zero-order valence-electron chi connectivity index (χ0n) is 17.6. The van der Waals surface area contributed by atoms with Crippen LogP contribution in [0.2, 0.25) is 5.02 Å². The van der Waals surface area contributed by atoms with Crippen LogP contribution in [0.15, 0.2) is 35.5 Å². The Hall–Kier alpha value is -3.00. The van der Waals surface area contributed by atoms with Crippen molar-refractivity contribution < 1.29 is 4.79 Å². The number of halogens is 1. The Morgan fingerprint density at radius 3 is 2.74 bits per heavy atom. The van der Waals surface area contributed by atoms with Crippen LogP contribution in [-0.2, 0) is 4.79 Å². The van der Waals surface area contributed by atoms with E-state index < -0.39 is 6.04 Å². The maximum atomic E-state index is 13.1. The van der Waals surface area contributed by atoms with E-state index in [0.717, 1.165) is 31.5 Å². The van der Waals surface area contributed by atoms with Gasteiger partial charge in [-0.2, -0.15) is 4.98 Å². The normalized spacial score (nSPS) is 15.1. The third-order valence-corrected chi connectivity index (χ3v) is 5.88. The molecule has 1 saturated heterocycles. The molecular formula is C22H25ClN6O2. The third kappa shape index (κ3) is 4.39. The summed E-state index contributed by atoms with van der Waals surface area (Å²) in [5.41, 5.74) is 1.51. The van der Waals surface area contributed by atoms with Gasteiger partial charge in [0.25, 0.3) is 5.56 Å². The number of piperidine rings is 1. The number of hydrogen-bond acceptors (Lipinski definition) is 6. The topological polar surface area (TPSA) is 93.0 Å². The molecule has 1 fully saturated rings. The van der Waals surface area contributed by atoms with Crippen molar-refractivity contribution in [1.82, 2.24) is 19.5 Å². The van der Waals surface area contributed by atoms with Gasteiger partial charge >= 0.3 is 0 Å². The number of fused-ring (bicyclic) bond motifs is 1. The lowest BCUT2D eigenvalue weighted by Crippen LogP contribution is -2.34. The quantitative estimate of drug-likeness (QED) is 0.649. The van der Waals surface area contributed by atoms with E-state index in [2.05, 4.69) is 25.2 Å². The Balaban J connectivity index is 1.63. The lowest BCUT2D eigenvalue weighted by atomic mass is 10.1. The average molecular weight is 441 g/mol. The van der Waals surface area contributed by atoms with E-state index in [4.69, 9.17) is 11.6 Å². The number of rotatable bonds is 5. The van der Waals surface area contributed by atoms with Crippen LogP contribution < -0.4 is 15.8 Å². The molecule has 1 N–H and O–H groups in total. The van der Waals surface area contributed by atoms with Gasteiger partial charge in [0.1, 0.15) is 17.8 Å². The zero-order valence-corrected chi connectivity index (χ0v) is 18.4. The van der Waals surface area contributed by atoms with Crippen LogP contribution >= 0.6 is 11.6 Å². The molecule has 31 heavy (non-hydrogen) atoms. The van der Waals surface area contributed by atoms with E-state index in [0.29, 0.717) is 34.1 Å². The highest BCUT2D eigenvalue weighted by atomic mass is 35.5. The predicted octanol–water partition coefficient (Wildman–Crippen LogP) is 3.73. The van der Waals surface area contributed by atoms with Gasteiger partial charge in [0.2, 0.25) is 11.9 Å². The second kappa shape index (κ2) is 9.01. The molecule has 0 aliphatic carbocycles. The summed E-state index contributed by atoms with van der Waals surface area (Å²) in [4.78, 5) is 41.5. The van der Waals surface area contributed by atoms with Crippen LogP contribution in [0.1, 0.15) is 44.2 Å². The molecule has 3 heterocycles. The van der Waals surface area contributed by atoms with Gasteiger partial charge in [-0.15, -0.1) is 0 Å². The number of amides is 1. The predicted molar refractivity (Wildman–Crippen MR) is 122 cm³/mol. The van der Waals surface area contributed by atoms with Gasteiger partial charge in [-0.05, 0) is 50.3 Å². The van der Waals surface area contributed by atoms with Gasteiger partial charge in [-0.1, -0.05) is 24.6 Å². The first-order valence-electron chi connectivity index (χ1n) is 10.5. The molecule has 1 atom stereocenters. The zero-order chi connectivity index (χ0) is 22.0. The van der Waals surface area contributed by atoms with Gasteiger partial charge in [-0.25, -0.2) is 9.97 Å². The average Bonchev–Trinajstić information content (AvgIpc) is 2.78. The lowest BCUT2D eigenvalue weighted by molar-refractivity contribution is -0.119. The number of hydrogen-bond donors (Lipinski definition) is 1. The monoisotopic (exact) mass is 440 g/mol. The molecule has 1 amide bonds. The Kier molecular flexibility index (Phi) is 6.18. The molecule has 2 aromatic heterocycles. The van der Waals surface area contributed by atoms with Gasteiger partial charge in [0.15, 0.2) is 5.65 Å². The largest absolute Gasteiger partial charge is 0.341 e. The molecule has 0 unspecified atom stereocenters. The molecule has 9 heteroatoms. The Bertz CT molecular complexity index is 1170. The minimum Gasteiger partial charge on any atom is -0.341 e. The summed E-state index contributed by atoms with van der Waals surface area (Å²) in [7, 11) is 0. The van der Waals surface area contributed by atoms with E-state index in [1.165, 1.54) is 23.5 Å². The summed E-state index contributed by atoms with van der Waals surface area (Å²) in [5, 5.41) is 3.71. The summed E-state index contributed by atoms with van der Waals surface area (Å²) in [6.07, 6.45) is 6.76. The Morgan fingerprint density at radius 2 is 2.00 bits per heavy atom. The Morgan fingerprint density at radius 1 is 1.23 bits per heavy atom. The second-order valence-corrected chi connectivity index (χ2v) is 8.22. The number of carbonyl (C=O) groups is 1. The van der Waals surface area contributed by atoms with Crippen molar-refractivity contribution in [3.8, 4) is 0 Å². The van der Waals surface area contributed by atoms with E-state index >= 15 is 0 Å². The van der Waals surface area contributed by atoms with Crippen LogP contribution in [0.3, 0.4) is 0 Å². The van der Waals surface area contributed by atoms with Gasteiger partial charge in [0, 0.05) is 30.0 Å². The van der Waals surface area contributed by atoms with Crippen molar-refractivity contribution in [2.45, 2.75) is 45.6 Å². The highest BCUT2D eigenvalue weighted by Crippen LogP contribution is 2.22. The number of nitrogens with zero attached hydrogens (tertiary/aromatic N) is 5. The van der Waals surface area contributed by atoms with Crippen molar-refractivity contribution in [2.75, 3.05) is 23.3 Å². The van der Waals surface area contributed by atoms with E-state index in [9.17, 15) is 9.59 Å². The van der Waals surface area contributed by atoms with Crippen LogP contribution in [0.25, 0.3) is 11.0 Å². The molecule has 0 radical (unpaired) electrons. The van der Waals surface area contributed by atoms with Crippen molar-refractivity contribution in [3.63, 3.8) is 0 Å². The summed E-state index contributed by atoms with van der Waals surface area (Å²) in [5.74, 6) is 0.292. The first kappa shape index (κ1) is 21.2. The number of aromatic nitrogens is 4. The van der Waals surface area contributed by atoms with E-state index in [-0.39, 0.29) is 11.5 Å². The van der Waals surface area contributed by atoms with E-state index in [1.807, 2.05) is 19.9 Å². The van der Waals surface area contributed by atoms with Crippen molar-refractivity contribution in [2.24, 2.45) is 0 Å². The number of benzene rings is 1. The molecule has 0 spiro atoms. The van der Waals surface area contributed by atoms with Crippen molar-refractivity contribution in [3.05, 3.63) is 51.7 Å². The maximum absolute atomic E-state index is 13.1. The summed E-state index contributed by atoms with van der Waals surface area (Å²) >= 11 is 6.06. The minimum atomic E-state index is -0.718. The highest BCUT2D eigenvalue weighted by Gasteiger charge is 2.23. The molecule has 1 aliphatic rings. The fourth-order valence-electron chi connectivity index (χ4n) is 3.84. The van der Waals surface area contributed by atoms with Gasteiger partial charge in [-0.3, -0.25) is 14.2 Å². The summed E-state index contributed by atoms with van der Waals surface area (Å²) in [6, 6.07) is 4.57. The fraction of sp³-hybridized carbons (Fsp3) is 0.409. The molecule has 4 rings (SSSR count). The molecule has 0 saturated carbocycles. The first-order chi connectivity index (χ1) is 15.0. The first-order valence-corrected chi connectivity index (χ1v) is 10.9. The lowest BCUT2D eigenvalue weighted by Gasteiger charge is -2.26. The molecule has 8 nitrogen and oxygen atoms in total. The van der Waals surface area contributed by atoms with Gasteiger partial charge in [0.05, 0.1) is 0 Å². The molecular weight excluding hydrogens is 416 g/mol. The summed E-state index contributed by atoms with van der Waals surface area (Å²) in [6.45, 7) is 5.54. The third-order valence-electron chi connectivity index (χ3n) is 5.65. The van der Waals surface area contributed by atoms with E-state index in [1.54, 1.807) is 12.1 Å². The van der Waals surface area contributed by atoms with Crippen LogP contribution in [-0.4, -0.2) is 38.5 Å². The molecule has 1 aromatic carbocycles. The van der Waals surface area contributed by atoms with Crippen molar-refractivity contribution >= 4 is 40.2 Å². The van der Waals surface area contributed by atoms with Crippen LogP contribution in [0, 0.1) is 6.92 Å². The van der Waals surface area contributed by atoms with Crippen LogP contribution in [0.4, 0.5) is 11.6 Å². The molecule has 3 aromatic rings. The number of nitrogens with one attached hydrogen (secondary N) is 1. The smallest absolute Gasteiger partial charge is 0.265 e. The number of aryl methyl sites for hydroxylation is 1. The number of anilines is 2. The standard InChI is InChI=1S/C22H25ClN6O2/c1-3-18(20(30)26-17-11-15(23)8-7-14(17)2)29-13-25-19-16(21(29)31)12-24-22(27-19)28-9-5-4-6-10-28/h7-8,11-13,18H,3-6,9-10H2,1-2H3,(H,26,30)/t18-/m1/s1. The minimum absolute atomic E-state index is 0.299. The van der Waals surface area contributed by atoms with Gasteiger partial charge < -0.3 is 10.2 Å². The summed E-state index contributed by atoms with van der Waals surface area (Å²) < 4.78 is 1.35. The number of carbonyl (C=O) groups excluding carboxylic acids is 1. The SMILES string of the molecule is CC[C@H](C(=O)Nc1cc(Cl)ccc1C)n1cnc2nc(N3CCCCC3)ncc2c1=O.